The molecule has 6 nitrogen and oxygen atoms in total. The number of rotatable bonds is 6. The molecule has 1 aromatic carbocycles. The molecule has 2 unspecified atom stereocenters. The number of hydrogen-bond donors (Lipinski definition) is 2. The zero-order valence-electron chi connectivity index (χ0n) is 10.1. The van der Waals surface area contributed by atoms with Crippen LogP contribution in [0.3, 0.4) is 0 Å². The third kappa shape index (κ3) is 4.23. The van der Waals surface area contributed by atoms with Crippen molar-refractivity contribution in [2.45, 2.75) is 24.0 Å². The largest absolute Gasteiger partial charge is 0.390 e. The lowest BCUT2D eigenvalue weighted by atomic mass is 9.96. The summed E-state index contributed by atoms with van der Waals surface area (Å²) in [5.41, 5.74) is 9.88. The summed E-state index contributed by atoms with van der Waals surface area (Å²) < 4.78 is 0. The third-order valence-electron chi connectivity index (χ3n) is 2.69. The van der Waals surface area contributed by atoms with Crippen molar-refractivity contribution >= 4 is 15.9 Å². The van der Waals surface area contributed by atoms with Crippen molar-refractivity contribution in [3.05, 3.63) is 45.3 Å². The second-order valence-corrected chi connectivity index (χ2v) is 4.48. The average Bonchev–Trinajstić information content (AvgIpc) is 2.45. The molecule has 19 heavy (non-hydrogen) atoms. The first kappa shape index (κ1) is 15.5. The van der Waals surface area contributed by atoms with Crippen molar-refractivity contribution in [3.8, 4) is 6.07 Å². The summed E-state index contributed by atoms with van der Waals surface area (Å²) in [6, 6.07) is 6.92. The Morgan fingerprint density at radius 1 is 1.47 bits per heavy atom. The van der Waals surface area contributed by atoms with Gasteiger partial charge in [0, 0.05) is 16.8 Å². The van der Waals surface area contributed by atoms with Crippen LogP contribution in [0.25, 0.3) is 10.4 Å². The maximum absolute atomic E-state index is 10.1. The molecule has 0 bridgehead atoms. The molecule has 2 N–H and O–H groups in total. The predicted octanol–water partition coefficient (Wildman–Crippen LogP) is 2.55. The van der Waals surface area contributed by atoms with E-state index in [1.807, 2.05) is 6.07 Å². The van der Waals surface area contributed by atoms with E-state index < -0.39 is 12.2 Å². The second-order valence-electron chi connectivity index (χ2n) is 3.91. The molecule has 0 amide bonds. The number of hydrogen-bond acceptors (Lipinski definition) is 4. The fraction of sp³-hybridized carbons (Fsp3) is 0.417. The van der Waals surface area contributed by atoms with Crippen LogP contribution in [0.1, 0.15) is 29.2 Å². The van der Waals surface area contributed by atoms with Crippen molar-refractivity contribution in [2.75, 3.05) is 6.54 Å². The molecule has 0 aliphatic carbocycles. The number of halogens is 1. The minimum atomic E-state index is -1.12. The van der Waals surface area contributed by atoms with Gasteiger partial charge in [-0.2, -0.15) is 5.26 Å². The van der Waals surface area contributed by atoms with Gasteiger partial charge in [-0.1, -0.05) is 27.1 Å². The summed E-state index contributed by atoms with van der Waals surface area (Å²) >= 11 is 3.29. The highest BCUT2D eigenvalue weighted by atomic mass is 79.9. The summed E-state index contributed by atoms with van der Waals surface area (Å²) in [7, 11) is 0. The molecule has 100 valence electrons. The van der Waals surface area contributed by atoms with Gasteiger partial charge in [-0.3, -0.25) is 0 Å². The topological polar surface area (TPSA) is 113 Å². The molecule has 0 heterocycles. The molecule has 0 spiro atoms. The first-order valence-corrected chi connectivity index (χ1v) is 6.72. The standard InChI is InChI=1S/C12H13BrN4O2/c13-6-9-2-1-8(7-14)5-10(9)12(19)11(18)3-4-16-17-15/h1-2,5,11-12,18-19H,3-4,6H2. The number of azide groups is 1. The Morgan fingerprint density at radius 3 is 2.79 bits per heavy atom. The molecule has 7 heteroatoms. The van der Waals surface area contributed by atoms with E-state index >= 15 is 0 Å². The highest BCUT2D eigenvalue weighted by Crippen LogP contribution is 2.25. The van der Waals surface area contributed by atoms with Crippen molar-refractivity contribution in [1.29, 1.82) is 5.26 Å². The maximum atomic E-state index is 10.1. The van der Waals surface area contributed by atoms with E-state index in [-0.39, 0.29) is 13.0 Å². The molecule has 0 aromatic heterocycles. The molecule has 1 aromatic rings. The van der Waals surface area contributed by atoms with Gasteiger partial charge in [0.15, 0.2) is 0 Å². The normalized spacial score (nSPS) is 13.2. The Hall–Kier alpha value is -1.58. The van der Waals surface area contributed by atoms with Crippen molar-refractivity contribution in [2.24, 2.45) is 5.11 Å². The van der Waals surface area contributed by atoms with E-state index in [1.54, 1.807) is 18.2 Å². The summed E-state index contributed by atoms with van der Waals surface area (Å²) in [6.07, 6.45) is -2.00. The van der Waals surface area contributed by atoms with Gasteiger partial charge in [-0.05, 0) is 35.2 Å². The van der Waals surface area contributed by atoms with Crippen LogP contribution < -0.4 is 0 Å². The summed E-state index contributed by atoms with van der Waals surface area (Å²) in [5, 5.41) is 32.6. The SMILES string of the molecule is N#Cc1ccc(CBr)c(C(O)C(O)CCN=[N+]=[N-])c1. The molecule has 2 atom stereocenters. The van der Waals surface area contributed by atoms with Crippen molar-refractivity contribution < 1.29 is 10.2 Å². The molecule has 0 aliphatic rings. The van der Waals surface area contributed by atoms with E-state index in [0.717, 1.165) is 5.56 Å². The number of alkyl halides is 1. The van der Waals surface area contributed by atoms with Gasteiger partial charge in [0.2, 0.25) is 0 Å². The van der Waals surface area contributed by atoms with Crippen LogP contribution >= 0.6 is 15.9 Å². The van der Waals surface area contributed by atoms with Crippen LogP contribution in [-0.2, 0) is 5.33 Å². The Morgan fingerprint density at radius 2 is 2.21 bits per heavy atom. The van der Waals surface area contributed by atoms with Crippen molar-refractivity contribution in [3.63, 3.8) is 0 Å². The van der Waals surface area contributed by atoms with Gasteiger partial charge in [-0.25, -0.2) is 0 Å². The first-order valence-electron chi connectivity index (χ1n) is 5.60. The average molecular weight is 325 g/mol. The fourth-order valence-corrected chi connectivity index (χ4v) is 2.17. The predicted molar refractivity (Wildman–Crippen MR) is 73.4 cm³/mol. The summed E-state index contributed by atoms with van der Waals surface area (Å²) in [6.45, 7) is 0.107. The lowest BCUT2D eigenvalue weighted by Gasteiger charge is -2.20. The minimum Gasteiger partial charge on any atom is -0.390 e. The number of nitriles is 1. The summed E-state index contributed by atoms with van der Waals surface area (Å²) in [4.78, 5) is 2.58. The van der Waals surface area contributed by atoms with Crippen LogP contribution in [-0.4, -0.2) is 22.9 Å². The fourth-order valence-electron chi connectivity index (χ4n) is 1.66. The van der Waals surface area contributed by atoms with Crippen LogP contribution in [0, 0.1) is 11.3 Å². The number of aliphatic hydroxyl groups is 2. The van der Waals surface area contributed by atoms with Gasteiger partial charge in [0.1, 0.15) is 6.10 Å². The lowest BCUT2D eigenvalue weighted by Crippen LogP contribution is -2.20. The Bertz CT molecular complexity index is 523. The summed E-state index contributed by atoms with van der Waals surface area (Å²) in [5.74, 6) is 0. The van der Waals surface area contributed by atoms with Gasteiger partial charge in [-0.15, -0.1) is 0 Å². The smallest absolute Gasteiger partial charge is 0.105 e. The monoisotopic (exact) mass is 324 g/mol. The molecular weight excluding hydrogens is 312 g/mol. The maximum Gasteiger partial charge on any atom is 0.105 e. The lowest BCUT2D eigenvalue weighted by molar-refractivity contribution is 0.0146. The number of aliphatic hydroxyl groups excluding tert-OH is 2. The Balaban J connectivity index is 2.93. The quantitative estimate of drug-likeness (QED) is 0.362. The first-order chi connectivity index (χ1) is 9.13. The second kappa shape index (κ2) is 7.77. The molecule has 0 fully saturated rings. The molecule has 1 rings (SSSR count). The van der Waals surface area contributed by atoms with E-state index in [1.165, 1.54) is 0 Å². The highest BCUT2D eigenvalue weighted by Gasteiger charge is 2.20. The van der Waals surface area contributed by atoms with Gasteiger partial charge in [0.05, 0.1) is 17.7 Å². The van der Waals surface area contributed by atoms with Crippen LogP contribution in [0.15, 0.2) is 23.3 Å². The van der Waals surface area contributed by atoms with E-state index in [0.29, 0.717) is 16.5 Å². The molecule has 0 aliphatic heterocycles. The van der Waals surface area contributed by atoms with Gasteiger partial charge in [0.25, 0.3) is 0 Å². The van der Waals surface area contributed by atoms with E-state index in [2.05, 4.69) is 26.0 Å². The zero-order valence-corrected chi connectivity index (χ0v) is 11.7. The zero-order chi connectivity index (χ0) is 14.3. The van der Waals surface area contributed by atoms with E-state index in [9.17, 15) is 10.2 Å². The Kier molecular flexibility index (Phi) is 6.33. The van der Waals surface area contributed by atoms with Crippen LogP contribution in [0.5, 0.6) is 0 Å². The molecule has 0 saturated heterocycles. The molecular formula is C12H13BrN4O2. The minimum absolute atomic E-state index is 0.107. The molecule has 0 saturated carbocycles. The van der Waals surface area contributed by atoms with Crippen LogP contribution in [0.2, 0.25) is 0 Å². The van der Waals surface area contributed by atoms with E-state index in [4.69, 9.17) is 10.8 Å². The van der Waals surface area contributed by atoms with Crippen molar-refractivity contribution in [1.82, 2.24) is 0 Å². The van der Waals surface area contributed by atoms with Gasteiger partial charge < -0.3 is 10.2 Å². The number of nitrogens with zero attached hydrogens (tertiary/aromatic N) is 4. The number of benzene rings is 1. The highest BCUT2D eigenvalue weighted by molar-refractivity contribution is 9.08. The molecule has 0 radical (unpaired) electrons. The van der Waals surface area contributed by atoms with Gasteiger partial charge >= 0.3 is 0 Å². The van der Waals surface area contributed by atoms with Crippen LogP contribution in [0.4, 0.5) is 0 Å². The Labute approximate surface area is 119 Å². The third-order valence-corrected chi connectivity index (χ3v) is 3.29.